The fourth-order valence-corrected chi connectivity index (χ4v) is 1.67. The van der Waals surface area contributed by atoms with Crippen LogP contribution in [0.2, 0.25) is 0 Å². The van der Waals surface area contributed by atoms with Crippen LogP contribution in [0, 0.1) is 10.8 Å². The van der Waals surface area contributed by atoms with Gasteiger partial charge >= 0.3 is 12.0 Å². The molecule has 2 amide bonds. The molecule has 0 radical (unpaired) electrons. The third-order valence-electron chi connectivity index (χ3n) is 2.44. The van der Waals surface area contributed by atoms with Gasteiger partial charge < -0.3 is 15.3 Å². The number of hydrogen-bond acceptors (Lipinski definition) is 2. The summed E-state index contributed by atoms with van der Waals surface area (Å²) in [7, 11) is 1.67. The van der Waals surface area contributed by atoms with Crippen molar-refractivity contribution in [1.82, 2.24) is 10.2 Å². The number of nitrogens with one attached hydrogen (secondary N) is 1. The summed E-state index contributed by atoms with van der Waals surface area (Å²) in [5.74, 6) is -1.01. The number of aliphatic carboxylic acids is 1. The minimum absolute atomic E-state index is 0.0213. The fourth-order valence-electron chi connectivity index (χ4n) is 1.67. The SMILES string of the molecule is CN(CC(C)(C)C)C(=O)N[C@@H](C(=O)O)C(C)(C)C. The summed E-state index contributed by atoms with van der Waals surface area (Å²) in [6.45, 7) is 12.0. The molecule has 0 unspecified atom stereocenters. The average molecular weight is 258 g/mol. The molecule has 5 nitrogen and oxygen atoms in total. The smallest absolute Gasteiger partial charge is 0.326 e. The van der Waals surface area contributed by atoms with E-state index in [9.17, 15) is 9.59 Å². The maximum absolute atomic E-state index is 11.9. The maximum Gasteiger partial charge on any atom is 0.326 e. The van der Waals surface area contributed by atoms with Crippen molar-refractivity contribution in [3.05, 3.63) is 0 Å². The summed E-state index contributed by atoms with van der Waals surface area (Å²) in [5.41, 5.74) is -0.545. The van der Waals surface area contributed by atoms with Crippen molar-refractivity contribution in [1.29, 1.82) is 0 Å². The highest BCUT2D eigenvalue weighted by atomic mass is 16.4. The molecule has 0 rings (SSSR count). The standard InChI is InChI=1S/C13H26N2O3/c1-12(2,3)8-15(7)11(18)14-9(10(16)17)13(4,5)6/h9H,8H2,1-7H3,(H,14,18)(H,16,17)/t9-/m0/s1. The van der Waals surface area contributed by atoms with Gasteiger partial charge in [0, 0.05) is 13.6 Å². The van der Waals surface area contributed by atoms with Crippen LogP contribution >= 0.6 is 0 Å². The molecule has 0 aliphatic carbocycles. The predicted molar refractivity (Wildman–Crippen MR) is 71.5 cm³/mol. The average Bonchev–Trinajstić information content (AvgIpc) is 2.08. The molecule has 0 aliphatic rings. The second-order valence-electron chi connectivity index (χ2n) is 7.00. The first-order chi connectivity index (χ1) is 7.84. The second-order valence-corrected chi connectivity index (χ2v) is 7.00. The van der Waals surface area contributed by atoms with Crippen LogP contribution in [-0.4, -0.2) is 41.6 Å². The van der Waals surface area contributed by atoms with E-state index in [0.717, 1.165) is 0 Å². The number of amides is 2. The zero-order valence-corrected chi connectivity index (χ0v) is 12.5. The molecule has 0 aromatic rings. The molecule has 1 atom stereocenters. The highest BCUT2D eigenvalue weighted by Gasteiger charge is 2.33. The van der Waals surface area contributed by atoms with Crippen molar-refractivity contribution < 1.29 is 14.7 Å². The minimum atomic E-state index is -1.01. The summed E-state index contributed by atoms with van der Waals surface area (Å²) in [6, 6.07) is -1.25. The van der Waals surface area contributed by atoms with E-state index in [2.05, 4.69) is 5.32 Å². The van der Waals surface area contributed by atoms with Crippen LogP contribution in [0.4, 0.5) is 4.79 Å². The Balaban J connectivity index is 4.67. The largest absolute Gasteiger partial charge is 0.480 e. The summed E-state index contributed by atoms with van der Waals surface area (Å²) in [6.07, 6.45) is 0. The molecule has 0 saturated heterocycles. The molecule has 0 saturated carbocycles. The van der Waals surface area contributed by atoms with Crippen molar-refractivity contribution in [2.75, 3.05) is 13.6 Å². The van der Waals surface area contributed by atoms with E-state index in [4.69, 9.17) is 5.11 Å². The molecule has 106 valence electrons. The molecule has 0 heterocycles. The van der Waals surface area contributed by atoms with Gasteiger partial charge in [0.05, 0.1) is 0 Å². The number of carbonyl (C=O) groups is 2. The number of nitrogens with zero attached hydrogens (tertiary/aromatic N) is 1. The summed E-state index contributed by atoms with van der Waals surface area (Å²) in [5, 5.41) is 11.7. The lowest BCUT2D eigenvalue weighted by molar-refractivity contribution is -0.142. The van der Waals surface area contributed by atoms with Crippen LogP contribution in [-0.2, 0) is 4.79 Å². The van der Waals surface area contributed by atoms with Crippen molar-refractivity contribution >= 4 is 12.0 Å². The van der Waals surface area contributed by atoms with E-state index < -0.39 is 17.4 Å². The van der Waals surface area contributed by atoms with E-state index in [1.165, 1.54) is 4.90 Å². The monoisotopic (exact) mass is 258 g/mol. The fraction of sp³-hybridized carbons (Fsp3) is 0.846. The van der Waals surface area contributed by atoms with Crippen LogP contribution in [0.25, 0.3) is 0 Å². The third kappa shape index (κ3) is 5.89. The van der Waals surface area contributed by atoms with Crippen LogP contribution < -0.4 is 5.32 Å². The first kappa shape index (κ1) is 16.7. The van der Waals surface area contributed by atoms with Gasteiger partial charge in [0.1, 0.15) is 6.04 Å². The Bertz CT molecular complexity index is 313. The molecule has 0 aromatic heterocycles. The quantitative estimate of drug-likeness (QED) is 0.815. The Hall–Kier alpha value is -1.26. The van der Waals surface area contributed by atoms with Crippen LogP contribution in [0.15, 0.2) is 0 Å². The van der Waals surface area contributed by atoms with E-state index in [1.54, 1.807) is 27.8 Å². The zero-order chi connectivity index (χ0) is 14.7. The van der Waals surface area contributed by atoms with Gasteiger partial charge in [0.2, 0.25) is 0 Å². The van der Waals surface area contributed by atoms with Gasteiger partial charge in [-0.25, -0.2) is 9.59 Å². The zero-order valence-electron chi connectivity index (χ0n) is 12.5. The molecule has 0 spiro atoms. The minimum Gasteiger partial charge on any atom is -0.480 e. The van der Waals surface area contributed by atoms with E-state index in [1.807, 2.05) is 20.8 Å². The van der Waals surface area contributed by atoms with Crippen LogP contribution in [0.5, 0.6) is 0 Å². The van der Waals surface area contributed by atoms with E-state index in [-0.39, 0.29) is 11.4 Å². The number of carbonyl (C=O) groups excluding carboxylic acids is 1. The van der Waals surface area contributed by atoms with Crippen molar-refractivity contribution in [3.8, 4) is 0 Å². The van der Waals surface area contributed by atoms with Gasteiger partial charge in [0.15, 0.2) is 0 Å². The van der Waals surface area contributed by atoms with Gasteiger partial charge in [-0.05, 0) is 10.8 Å². The Labute approximate surface area is 110 Å². The Kier molecular flexibility index (Phi) is 5.20. The molecular formula is C13H26N2O3. The molecule has 0 fully saturated rings. The van der Waals surface area contributed by atoms with Gasteiger partial charge in [-0.15, -0.1) is 0 Å². The lowest BCUT2D eigenvalue weighted by Gasteiger charge is -2.32. The van der Waals surface area contributed by atoms with Crippen molar-refractivity contribution in [2.24, 2.45) is 10.8 Å². The summed E-state index contributed by atoms with van der Waals surface area (Å²) < 4.78 is 0. The highest BCUT2D eigenvalue weighted by Crippen LogP contribution is 2.20. The van der Waals surface area contributed by atoms with E-state index >= 15 is 0 Å². The predicted octanol–water partition coefficient (Wildman–Crippen LogP) is 2.17. The van der Waals surface area contributed by atoms with Crippen LogP contribution in [0.3, 0.4) is 0 Å². The number of carboxylic acid groups (broad SMARTS) is 1. The maximum atomic E-state index is 11.9. The first-order valence-corrected chi connectivity index (χ1v) is 6.09. The van der Waals surface area contributed by atoms with Crippen molar-refractivity contribution in [3.63, 3.8) is 0 Å². The molecule has 0 bridgehead atoms. The molecule has 2 N–H and O–H groups in total. The third-order valence-corrected chi connectivity index (χ3v) is 2.44. The Morgan fingerprint density at radius 1 is 1.17 bits per heavy atom. The number of urea groups is 1. The topological polar surface area (TPSA) is 69.6 Å². The second kappa shape index (κ2) is 5.59. The van der Waals surface area contributed by atoms with Gasteiger partial charge in [-0.1, -0.05) is 41.5 Å². The van der Waals surface area contributed by atoms with Crippen molar-refractivity contribution in [2.45, 2.75) is 47.6 Å². The Morgan fingerprint density at radius 2 is 1.61 bits per heavy atom. The number of carboxylic acids is 1. The summed E-state index contributed by atoms with van der Waals surface area (Å²) in [4.78, 5) is 24.6. The van der Waals surface area contributed by atoms with Crippen LogP contribution in [0.1, 0.15) is 41.5 Å². The Morgan fingerprint density at radius 3 is 1.89 bits per heavy atom. The van der Waals surface area contributed by atoms with Gasteiger partial charge in [-0.2, -0.15) is 0 Å². The highest BCUT2D eigenvalue weighted by molar-refractivity contribution is 5.83. The number of rotatable bonds is 3. The van der Waals surface area contributed by atoms with E-state index in [0.29, 0.717) is 6.54 Å². The number of hydrogen-bond donors (Lipinski definition) is 2. The molecule has 18 heavy (non-hydrogen) atoms. The molecule has 0 aromatic carbocycles. The van der Waals surface area contributed by atoms with Gasteiger partial charge in [0.25, 0.3) is 0 Å². The molecule has 0 aliphatic heterocycles. The normalized spacial score (nSPS) is 13.9. The lowest BCUT2D eigenvalue weighted by atomic mass is 9.87. The first-order valence-electron chi connectivity index (χ1n) is 6.09. The lowest BCUT2D eigenvalue weighted by Crippen LogP contribution is -2.53. The summed E-state index contributed by atoms with van der Waals surface area (Å²) >= 11 is 0. The van der Waals surface area contributed by atoms with Gasteiger partial charge in [-0.3, -0.25) is 0 Å². The molecular weight excluding hydrogens is 232 g/mol. The molecule has 5 heteroatoms.